The monoisotopic (exact) mass is 784 g/mol. The molecular weight excluding hydrogens is 741 g/mol. The Kier molecular flexibility index (Phi) is 13.9. The van der Waals surface area contributed by atoms with Crippen molar-refractivity contribution in [2.75, 3.05) is 7.11 Å². The minimum absolute atomic E-state index is 0.233. The summed E-state index contributed by atoms with van der Waals surface area (Å²) in [6.07, 6.45) is 3.37. The van der Waals surface area contributed by atoms with Crippen molar-refractivity contribution in [3.63, 3.8) is 0 Å². The average Bonchev–Trinajstić information content (AvgIpc) is 3.29. The molecule has 58 heavy (non-hydrogen) atoms. The third kappa shape index (κ3) is 11.2. The molecule has 0 aliphatic heterocycles. The Morgan fingerprint density at radius 3 is 1.48 bits per heavy atom. The van der Waals surface area contributed by atoms with Crippen LogP contribution in [0.15, 0.2) is 187 Å². The summed E-state index contributed by atoms with van der Waals surface area (Å²) in [6.45, 7) is 1.39. The Morgan fingerprint density at radius 1 is 0.483 bits per heavy atom. The van der Waals surface area contributed by atoms with Crippen molar-refractivity contribution in [3.8, 4) is 28.7 Å². The third-order valence-electron chi connectivity index (χ3n) is 9.23. The van der Waals surface area contributed by atoms with Crippen LogP contribution in [-0.4, -0.2) is 12.9 Å². The number of carbonyl (C=O) groups is 1. The molecule has 0 amide bonds. The van der Waals surface area contributed by atoms with E-state index in [1.807, 2.05) is 176 Å². The minimum atomic E-state index is -0.233. The summed E-state index contributed by atoms with van der Waals surface area (Å²) < 4.78 is 30.9. The molecule has 7 rings (SSSR count). The lowest BCUT2D eigenvalue weighted by Crippen LogP contribution is -2.07. The standard InChI is InChI=1S/C51H44O6S/c1-53-44-26-22-42(23-27-44)37-58-51-48(56-35-40-18-10-4-11-19-40)31-30-47(55-34-39-16-8-3-9-17-39)50(51)46(52)29-25-43-24-28-45(54-33-38-14-6-2-7-15-38)32-49(43)57-36-41-20-12-5-13-21-41/h2-32H,33-37H2,1H3. The molecule has 0 aromatic heterocycles. The van der Waals surface area contributed by atoms with E-state index in [0.717, 1.165) is 39.1 Å². The number of rotatable bonds is 19. The molecule has 0 heterocycles. The number of benzene rings is 7. The van der Waals surface area contributed by atoms with Crippen LogP contribution in [0.2, 0.25) is 0 Å². The van der Waals surface area contributed by atoms with E-state index >= 15 is 0 Å². The summed E-state index contributed by atoms with van der Waals surface area (Å²) in [6, 6.07) is 57.2. The number of ketones is 1. The SMILES string of the molecule is COc1ccc(CSc2c(OCc3ccccc3)ccc(OCc3ccccc3)c2C(=O)C=Cc2ccc(OCc3ccccc3)cc2OCc2ccccc2)cc1. The van der Waals surface area contributed by atoms with Gasteiger partial charge < -0.3 is 23.7 Å². The molecule has 0 radical (unpaired) electrons. The fourth-order valence-corrected chi connectivity index (χ4v) is 7.21. The summed E-state index contributed by atoms with van der Waals surface area (Å²) in [4.78, 5) is 15.4. The zero-order valence-corrected chi connectivity index (χ0v) is 33.1. The first kappa shape index (κ1) is 39.5. The van der Waals surface area contributed by atoms with E-state index in [2.05, 4.69) is 0 Å². The number of methoxy groups -OCH3 is 1. The lowest BCUT2D eigenvalue weighted by Gasteiger charge is -2.18. The lowest BCUT2D eigenvalue weighted by molar-refractivity contribution is 0.103. The van der Waals surface area contributed by atoms with Crippen LogP contribution in [0.1, 0.15) is 43.7 Å². The number of hydrogen-bond acceptors (Lipinski definition) is 7. The molecule has 290 valence electrons. The molecule has 0 N–H and O–H groups in total. The van der Waals surface area contributed by atoms with E-state index in [1.54, 1.807) is 19.3 Å². The first-order valence-electron chi connectivity index (χ1n) is 19.1. The molecule has 0 spiro atoms. The molecule has 7 aromatic carbocycles. The number of hydrogen-bond donors (Lipinski definition) is 0. The van der Waals surface area contributed by atoms with Gasteiger partial charge in [0.15, 0.2) is 5.78 Å². The van der Waals surface area contributed by atoms with E-state index in [1.165, 1.54) is 11.8 Å². The van der Waals surface area contributed by atoms with Gasteiger partial charge in [-0.3, -0.25) is 4.79 Å². The van der Waals surface area contributed by atoms with E-state index in [0.29, 0.717) is 65.6 Å². The highest BCUT2D eigenvalue weighted by atomic mass is 32.2. The molecule has 0 saturated carbocycles. The predicted octanol–water partition coefficient (Wildman–Crippen LogP) is 12.2. The fourth-order valence-electron chi connectivity index (χ4n) is 6.10. The highest BCUT2D eigenvalue weighted by Crippen LogP contribution is 2.41. The molecule has 0 atom stereocenters. The lowest BCUT2D eigenvalue weighted by atomic mass is 10.1. The maximum Gasteiger partial charge on any atom is 0.190 e. The summed E-state index contributed by atoms with van der Waals surface area (Å²) >= 11 is 1.53. The van der Waals surface area contributed by atoms with Gasteiger partial charge in [0.2, 0.25) is 0 Å². The van der Waals surface area contributed by atoms with Crippen LogP contribution in [0.25, 0.3) is 6.08 Å². The zero-order valence-electron chi connectivity index (χ0n) is 32.3. The van der Waals surface area contributed by atoms with Gasteiger partial charge in [0, 0.05) is 17.4 Å². The molecule has 6 nitrogen and oxygen atoms in total. The maximum atomic E-state index is 14.7. The summed E-state index contributed by atoms with van der Waals surface area (Å²) in [5, 5.41) is 0. The van der Waals surface area contributed by atoms with Gasteiger partial charge >= 0.3 is 0 Å². The highest BCUT2D eigenvalue weighted by Gasteiger charge is 2.22. The van der Waals surface area contributed by atoms with Crippen molar-refractivity contribution in [3.05, 3.63) is 221 Å². The molecule has 0 fully saturated rings. The number of allylic oxidation sites excluding steroid dienone is 1. The fraction of sp³-hybridized carbons (Fsp3) is 0.118. The second-order valence-corrected chi connectivity index (χ2v) is 14.4. The first-order valence-corrected chi connectivity index (χ1v) is 20.1. The number of thioether (sulfide) groups is 1. The van der Waals surface area contributed by atoms with Gasteiger partial charge in [0.1, 0.15) is 55.2 Å². The van der Waals surface area contributed by atoms with Crippen molar-refractivity contribution < 1.29 is 28.5 Å². The van der Waals surface area contributed by atoms with E-state index in [-0.39, 0.29) is 5.78 Å². The van der Waals surface area contributed by atoms with Crippen molar-refractivity contribution in [2.45, 2.75) is 37.1 Å². The van der Waals surface area contributed by atoms with Gasteiger partial charge in [-0.2, -0.15) is 0 Å². The smallest absolute Gasteiger partial charge is 0.190 e. The van der Waals surface area contributed by atoms with Gasteiger partial charge in [-0.25, -0.2) is 0 Å². The van der Waals surface area contributed by atoms with Crippen LogP contribution in [0.3, 0.4) is 0 Å². The van der Waals surface area contributed by atoms with Gasteiger partial charge in [-0.05, 0) is 76.4 Å². The Bertz CT molecular complexity index is 2380. The van der Waals surface area contributed by atoms with Gasteiger partial charge in [-0.1, -0.05) is 133 Å². The molecule has 0 aliphatic rings. The Morgan fingerprint density at radius 2 is 0.948 bits per heavy atom. The molecule has 0 unspecified atom stereocenters. The average molecular weight is 785 g/mol. The van der Waals surface area contributed by atoms with Crippen LogP contribution in [0, 0.1) is 0 Å². The molecule has 0 bridgehead atoms. The van der Waals surface area contributed by atoms with Crippen molar-refractivity contribution >= 4 is 23.6 Å². The molecule has 0 saturated heterocycles. The first-order chi connectivity index (χ1) is 28.6. The quantitative estimate of drug-likeness (QED) is 0.0460. The largest absolute Gasteiger partial charge is 0.497 e. The number of ether oxygens (including phenoxy) is 5. The summed E-state index contributed by atoms with van der Waals surface area (Å²) in [5.74, 6) is 3.44. The van der Waals surface area contributed by atoms with Gasteiger partial charge in [0.25, 0.3) is 0 Å². The van der Waals surface area contributed by atoms with Crippen LogP contribution in [-0.2, 0) is 32.2 Å². The van der Waals surface area contributed by atoms with E-state index in [4.69, 9.17) is 23.7 Å². The maximum absolute atomic E-state index is 14.7. The van der Waals surface area contributed by atoms with Crippen LogP contribution in [0.5, 0.6) is 28.7 Å². The Balaban J connectivity index is 1.23. The van der Waals surface area contributed by atoms with E-state index < -0.39 is 0 Å². The van der Waals surface area contributed by atoms with Gasteiger partial charge in [-0.15, -0.1) is 11.8 Å². The molecular formula is C51H44O6S. The zero-order chi connectivity index (χ0) is 39.8. The second kappa shape index (κ2) is 20.5. The van der Waals surface area contributed by atoms with E-state index in [9.17, 15) is 4.79 Å². The van der Waals surface area contributed by atoms with Crippen molar-refractivity contribution in [1.82, 2.24) is 0 Å². The predicted molar refractivity (Wildman–Crippen MR) is 232 cm³/mol. The van der Waals surface area contributed by atoms with Crippen LogP contribution < -0.4 is 23.7 Å². The van der Waals surface area contributed by atoms with Crippen LogP contribution >= 0.6 is 11.8 Å². The van der Waals surface area contributed by atoms with Crippen molar-refractivity contribution in [1.29, 1.82) is 0 Å². The normalized spacial score (nSPS) is 10.9. The highest BCUT2D eigenvalue weighted by molar-refractivity contribution is 7.98. The van der Waals surface area contributed by atoms with Crippen LogP contribution in [0.4, 0.5) is 0 Å². The minimum Gasteiger partial charge on any atom is -0.497 e. The third-order valence-corrected chi connectivity index (χ3v) is 10.4. The van der Waals surface area contributed by atoms with Gasteiger partial charge in [0.05, 0.1) is 17.6 Å². The second-order valence-electron chi connectivity index (χ2n) is 13.4. The Labute approximate surface area is 344 Å². The molecule has 7 aromatic rings. The van der Waals surface area contributed by atoms with Crippen molar-refractivity contribution in [2.24, 2.45) is 0 Å². The summed E-state index contributed by atoms with van der Waals surface area (Å²) in [7, 11) is 1.65. The molecule has 7 heteroatoms. The number of carbonyl (C=O) groups excluding carboxylic acids is 1. The summed E-state index contributed by atoms with van der Waals surface area (Å²) in [5.41, 5.74) is 6.31. The molecule has 0 aliphatic carbocycles. The topological polar surface area (TPSA) is 63.2 Å². The Hall–Kier alpha value is -6.70.